The number of piperidine rings is 1. The number of hydrogen-bond donors (Lipinski definition) is 1. The molecule has 0 radical (unpaired) electrons. The Morgan fingerprint density at radius 1 is 1.24 bits per heavy atom. The molecular weight excluding hydrogens is 383 g/mol. The zero-order valence-corrected chi connectivity index (χ0v) is 16.4. The number of rotatable bonds is 5. The molecule has 1 amide bonds. The fourth-order valence-electron chi connectivity index (χ4n) is 3.05. The van der Waals surface area contributed by atoms with E-state index in [-0.39, 0.29) is 28.3 Å². The van der Waals surface area contributed by atoms with Crippen LogP contribution in [0.5, 0.6) is 0 Å². The molecular formula is C17H22Cl2N2O3S. The molecule has 2 fully saturated rings. The molecule has 1 heterocycles. The third kappa shape index (κ3) is 4.30. The van der Waals surface area contributed by atoms with Crippen LogP contribution in [0.4, 0.5) is 0 Å². The van der Waals surface area contributed by atoms with E-state index >= 15 is 0 Å². The Kier molecular flexibility index (Phi) is 5.63. The molecule has 25 heavy (non-hydrogen) atoms. The maximum Gasteiger partial charge on any atom is 0.244 e. The second kappa shape index (κ2) is 7.43. The predicted octanol–water partition coefficient (Wildman–Crippen LogP) is 3.23. The molecule has 2 aliphatic rings. The zero-order valence-electron chi connectivity index (χ0n) is 14.1. The van der Waals surface area contributed by atoms with Gasteiger partial charge in [0.25, 0.3) is 0 Å². The van der Waals surface area contributed by atoms with Gasteiger partial charge >= 0.3 is 0 Å². The SMILES string of the molecule is Cc1cc(S(=O)(=O)N2CCCC(C(=O)NCC3CC3)C2)c(Cl)cc1Cl. The lowest BCUT2D eigenvalue weighted by atomic mass is 9.99. The van der Waals surface area contributed by atoms with Gasteiger partial charge in [0.05, 0.1) is 10.9 Å². The highest BCUT2D eigenvalue weighted by molar-refractivity contribution is 7.89. The summed E-state index contributed by atoms with van der Waals surface area (Å²) in [5.74, 6) is 0.239. The van der Waals surface area contributed by atoms with Crippen molar-refractivity contribution < 1.29 is 13.2 Å². The minimum Gasteiger partial charge on any atom is -0.356 e. The highest BCUT2D eigenvalue weighted by Crippen LogP contribution is 2.32. The van der Waals surface area contributed by atoms with Crippen molar-refractivity contribution in [2.45, 2.75) is 37.5 Å². The first-order valence-corrected chi connectivity index (χ1v) is 10.7. The van der Waals surface area contributed by atoms with E-state index < -0.39 is 10.0 Å². The second-order valence-corrected chi connectivity index (χ2v) is 9.64. The normalized spacial score (nSPS) is 22.0. The summed E-state index contributed by atoms with van der Waals surface area (Å²) in [6, 6.07) is 2.95. The van der Waals surface area contributed by atoms with Crippen LogP contribution in [0.2, 0.25) is 10.0 Å². The van der Waals surface area contributed by atoms with E-state index in [0.717, 1.165) is 0 Å². The first-order valence-electron chi connectivity index (χ1n) is 8.52. The minimum absolute atomic E-state index is 0.0508. The number of aryl methyl sites for hydroxylation is 1. The number of carbonyl (C=O) groups excluding carboxylic acids is 1. The summed E-state index contributed by atoms with van der Waals surface area (Å²) in [6.45, 7) is 3.02. The minimum atomic E-state index is -3.75. The monoisotopic (exact) mass is 404 g/mol. The molecule has 1 atom stereocenters. The Morgan fingerprint density at radius 2 is 1.96 bits per heavy atom. The van der Waals surface area contributed by atoms with Gasteiger partial charge in [0.2, 0.25) is 15.9 Å². The van der Waals surface area contributed by atoms with Crippen molar-refractivity contribution in [1.82, 2.24) is 9.62 Å². The first kappa shape index (κ1) is 19.0. The summed E-state index contributed by atoms with van der Waals surface area (Å²) < 4.78 is 27.3. The molecule has 3 rings (SSSR count). The van der Waals surface area contributed by atoms with Gasteiger partial charge in [-0.3, -0.25) is 4.79 Å². The molecule has 0 bridgehead atoms. The topological polar surface area (TPSA) is 66.5 Å². The van der Waals surface area contributed by atoms with Crippen LogP contribution < -0.4 is 5.32 Å². The third-order valence-electron chi connectivity index (χ3n) is 4.85. The molecule has 8 heteroatoms. The van der Waals surface area contributed by atoms with Crippen molar-refractivity contribution in [3.8, 4) is 0 Å². The highest BCUT2D eigenvalue weighted by Gasteiger charge is 2.35. The molecule has 138 valence electrons. The van der Waals surface area contributed by atoms with Gasteiger partial charge in [-0.2, -0.15) is 4.31 Å². The lowest BCUT2D eigenvalue weighted by Gasteiger charge is -2.31. The van der Waals surface area contributed by atoms with E-state index in [4.69, 9.17) is 23.2 Å². The number of nitrogens with zero attached hydrogens (tertiary/aromatic N) is 1. The summed E-state index contributed by atoms with van der Waals surface area (Å²) in [5, 5.41) is 3.49. The molecule has 5 nitrogen and oxygen atoms in total. The van der Waals surface area contributed by atoms with Crippen LogP contribution >= 0.6 is 23.2 Å². The van der Waals surface area contributed by atoms with Crippen molar-refractivity contribution in [3.05, 3.63) is 27.7 Å². The van der Waals surface area contributed by atoms with Gasteiger partial charge in [-0.15, -0.1) is 0 Å². The van der Waals surface area contributed by atoms with Crippen LogP contribution in [-0.4, -0.2) is 38.3 Å². The van der Waals surface area contributed by atoms with Crippen molar-refractivity contribution in [2.75, 3.05) is 19.6 Å². The van der Waals surface area contributed by atoms with Gasteiger partial charge in [-0.25, -0.2) is 8.42 Å². The van der Waals surface area contributed by atoms with E-state index in [1.807, 2.05) is 0 Å². The van der Waals surface area contributed by atoms with Crippen molar-refractivity contribution >= 4 is 39.1 Å². The molecule has 1 aromatic carbocycles. The summed E-state index contributed by atoms with van der Waals surface area (Å²) in [7, 11) is -3.75. The third-order valence-corrected chi connectivity index (χ3v) is 7.58. The van der Waals surface area contributed by atoms with Crippen molar-refractivity contribution in [1.29, 1.82) is 0 Å². The van der Waals surface area contributed by atoms with Crippen LogP contribution in [0.25, 0.3) is 0 Å². The average Bonchev–Trinajstić information content (AvgIpc) is 3.40. The Bertz CT molecular complexity index is 778. The Morgan fingerprint density at radius 3 is 2.64 bits per heavy atom. The Hall–Kier alpha value is -0.820. The number of halogens is 2. The predicted molar refractivity (Wildman–Crippen MR) is 98.4 cm³/mol. The van der Waals surface area contributed by atoms with Crippen LogP contribution in [-0.2, 0) is 14.8 Å². The van der Waals surface area contributed by atoms with Gasteiger partial charge in [0, 0.05) is 24.7 Å². The molecule has 1 saturated heterocycles. The van der Waals surface area contributed by atoms with E-state index in [1.54, 1.807) is 6.92 Å². The molecule has 1 aromatic rings. The molecule has 1 aliphatic carbocycles. The number of amides is 1. The van der Waals surface area contributed by atoms with E-state index in [0.29, 0.717) is 42.4 Å². The van der Waals surface area contributed by atoms with E-state index in [1.165, 1.54) is 29.3 Å². The summed E-state index contributed by atoms with van der Waals surface area (Å²) in [4.78, 5) is 12.4. The quantitative estimate of drug-likeness (QED) is 0.818. The molecule has 0 spiro atoms. The highest BCUT2D eigenvalue weighted by atomic mass is 35.5. The van der Waals surface area contributed by atoms with Gasteiger partial charge < -0.3 is 5.32 Å². The second-order valence-electron chi connectivity index (χ2n) is 6.92. The smallest absolute Gasteiger partial charge is 0.244 e. The van der Waals surface area contributed by atoms with E-state index in [9.17, 15) is 13.2 Å². The summed E-state index contributed by atoms with van der Waals surface area (Å²) >= 11 is 12.1. The fourth-order valence-corrected chi connectivity index (χ4v) is 5.38. The maximum atomic E-state index is 13.0. The standard InChI is InChI=1S/C17H22Cl2N2O3S/c1-11-7-16(15(19)8-14(11)18)25(23,24)21-6-2-3-13(10-21)17(22)20-9-12-4-5-12/h7-8,12-13H,2-6,9-10H2,1H3,(H,20,22). The van der Waals surface area contributed by atoms with E-state index in [2.05, 4.69) is 5.32 Å². The number of hydrogen-bond acceptors (Lipinski definition) is 3. The Labute approximate surface area is 158 Å². The largest absolute Gasteiger partial charge is 0.356 e. The Balaban J connectivity index is 1.75. The van der Waals surface area contributed by atoms with Gasteiger partial charge in [-0.05, 0) is 56.2 Å². The lowest BCUT2D eigenvalue weighted by Crippen LogP contribution is -2.45. The van der Waals surface area contributed by atoms with Gasteiger partial charge in [0.1, 0.15) is 4.90 Å². The van der Waals surface area contributed by atoms with Crippen molar-refractivity contribution in [2.24, 2.45) is 11.8 Å². The fraction of sp³-hybridized carbons (Fsp3) is 0.588. The van der Waals surface area contributed by atoms with Crippen LogP contribution in [0.3, 0.4) is 0 Å². The molecule has 1 N–H and O–H groups in total. The number of nitrogens with one attached hydrogen (secondary N) is 1. The summed E-state index contributed by atoms with van der Waals surface area (Å²) in [6.07, 6.45) is 3.70. The zero-order chi connectivity index (χ0) is 18.2. The van der Waals surface area contributed by atoms with Crippen molar-refractivity contribution in [3.63, 3.8) is 0 Å². The lowest BCUT2D eigenvalue weighted by molar-refractivity contribution is -0.126. The maximum absolute atomic E-state index is 13.0. The molecule has 1 unspecified atom stereocenters. The average molecular weight is 405 g/mol. The number of sulfonamides is 1. The van der Waals surface area contributed by atoms with Gasteiger partial charge in [-0.1, -0.05) is 23.2 Å². The van der Waals surface area contributed by atoms with Crippen LogP contribution in [0.15, 0.2) is 17.0 Å². The van der Waals surface area contributed by atoms with Crippen LogP contribution in [0.1, 0.15) is 31.2 Å². The first-order chi connectivity index (χ1) is 11.8. The summed E-state index contributed by atoms with van der Waals surface area (Å²) in [5.41, 5.74) is 0.653. The number of benzene rings is 1. The molecule has 1 saturated carbocycles. The number of carbonyl (C=O) groups is 1. The van der Waals surface area contributed by atoms with Crippen LogP contribution in [0, 0.1) is 18.8 Å². The molecule has 1 aliphatic heterocycles. The molecule has 0 aromatic heterocycles. The van der Waals surface area contributed by atoms with Gasteiger partial charge in [0.15, 0.2) is 0 Å².